The number of hydrogen-bond donors (Lipinski definition) is 2. The normalized spacial score (nSPS) is 16.2. The van der Waals surface area contributed by atoms with Crippen molar-refractivity contribution in [1.82, 2.24) is 24.1 Å². The van der Waals surface area contributed by atoms with E-state index in [1.807, 2.05) is 20.2 Å². The molecule has 2 N–H and O–H groups in total. The van der Waals surface area contributed by atoms with E-state index in [0.717, 1.165) is 36.8 Å². The molecule has 1 unspecified atom stereocenters. The first-order valence-corrected chi connectivity index (χ1v) is 13.9. The summed E-state index contributed by atoms with van der Waals surface area (Å²) in [6, 6.07) is 6.50. The van der Waals surface area contributed by atoms with Crippen LogP contribution in [-0.4, -0.2) is 44.4 Å². The number of aromatic nitrogens is 4. The Bertz CT molecular complexity index is 1620. The first-order chi connectivity index (χ1) is 17.1. The molecule has 1 atom stereocenters. The average molecular weight is 617 g/mol. The van der Waals surface area contributed by atoms with Crippen molar-refractivity contribution >= 4 is 55.3 Å². The van der Waals surface area contributed by atoms with Crippen molar-refractivity contribution in [2.24, 2.45) is 7.05 Å². The molecular formula is C25H24IN5O4S. The highest BCUT2D eigenvalue weighted by Crippen LogP contribution is 2.41. The van der Waals surface area contributed by atoms with E-state index in [-0.39, 0.29) is 10.9 Å². The van der Waals surface area contributed by atoms with Gasteiger partial charge in [0, 0.05) is 51.8 Å². The number of carbonyl (C=O) groups is 1. The fraction of sp³-hybridized carbons (Fsp3) is 0.240. The Labute approximate surface area is 222 Å². The topological polar surface area (TPSA) is 119 Å². The summed E-state index contributed by atoms with van der Waals surface area (Å²) in [6.07, 6.45) is 9.86. The highest BCUT2D eigenvalue weighted by molar-refractivity contribution is 14.1. The highest BCUT2D eigenvalue weighted by atomic mass is 127. The van der Waals surface area contributed by atoms with E-state index in [2.05, 4.69) is 44.1 Å². The lowest BCUT2D eigenvalue weighted by atomic mass is 9.86. The SMILES string of the molecule is Cc1ccc(S(=O)(=O)n2cc(I)c3c(C4=CCCC(NC(=O)O)C4)c(-c4cnn(C)c4)cnc32)cc1. The van der Waals surface area contributed by atoms with E-state index in [1.54, 1.807) is 47.5 Å². The predicted molar refractivity (Wildman–Crippen MR) is 145 cm³/mol. The Morgan fingerprint density at radius 2 is 1.94 bits per heavy atom. The van der Waals surface area contributed by atoms with Crippen molar-refractivity contribution in [3.05, 3.63) is 69.8 Å². The van der Waals surface area contributed by atoms with E-state index < -0.39 is 16.1 Å². The average Bonchev–Trinajstić information content (AvgIpc) is 3.42. The molecule has 0 saturated heterocycles. The van der Waals surface area contributed by atoms with Gasteiger partial charge >= 0.3 is 6.09 Å². The Morgan fingerprint density at radius 3 is 2.61 bits per heavy atom. The number of nitrogens with zero attached hydrogens (tertiary/aromatic N) is 4. The van der Waals surface area contributed by atoms with E-state index in [9.17, 15) is 18.3 Å². The zero-order valence-corrected chi connectivity index (χ0v) is 22.6. The van der Waals surface area contributed by atoms with Crippen LogP contribution in [0.15, 0.2) is 60.0 Å². The summed E-state index contributed by atoms with van der Waals surface area (Å²) in [6.45, 7) is 1.91. The third-order valence-corrected chi connectivity index (χ3v) is 8.83. The molecule has 0 saturated carbocycles. The summed E-state index contributed by atoms with van der Waals surface area (Å²) in [5.74, 6) is 0. The molecule has 1 aliphatic carbocycles. The summed E-state index contributed by atoms with van der Waals surface area (Å²) in [5.41, 5.74) is 4.78. The van der Waals surface area contributed by atoms with Gasteiger partial charge in [0.05, 0.1) is 11.1 Å². The molecule has 36 heavy (non-hydrogen) atoms. The number of benzene rings is 1. The molecule has 3 aromatic heterocycles. The number of fused-ring (bicyclic) bond motifs is 1. The Morgan fingerprint density at radius 1 is 1.19 bits per heavy atom. The number of halogens is 1. The maximum Gasteiger partial charge on any atom is 0.404 e. The van der Waals surface area contributed by atoms with Crippen LogP contribution in [0.3, 0.4) is 0 Å². The van der Waals surface area contributed by atoms with Crippen molar-refractivity contribution in [2.75, 3.05) is 0 Å². The minimum Gasteiger partial charge on any atom is -0.465 e. The lowest BCUT2D eigenvalue weighted by molar-refractivity contribution is 0.189. The lowest BCUT2D eigenvalue weighted by Crippen LogP contribution is -2.34. The van der Waals surface area contributed by atoms with Crippen LogP contribution in [0.5, 0.6) is 0 Å². The fourth-order valence-corrected chi connectivity index (χ4v) is 6.95. The van der Waals surface area contributed by atoms with Crippen LogP contribution in [0.4, 0.5) is 4.79 Å². The second kappa shape index (κ2) is 9.36. The molecule has 0 radical (unpaired) electrons. The van der Waals surface area contributed by atoms with Gasteiger partial charge in [-0.05, 0) is 72.0 Å². The number of amides is 1. The van der Waals surface area contributed by atoms with Crippen LogP contribution in [0, 0.1) is 10.5 Å². The molecule has 0 bridgehead atoms. The number of allylic oxidation sites excluding steroid dienone is 1. The molecule has 3 heterocycles. The van der Waals surface area contributed by atoms with E-state index >= 15 is 0 Å². The number of aryl methyl sites for hydroxylation is 2. The number of carboxylic acid groups (broad SMARTS) is 1. The first-order valence-electron chi connectivity index (χ1n) is 11.3. The maximum atomic E-state index is 13.6. The number of nitrogens with one attached hydrogen (secondary N) is 1. The summed E-state index contributed by atoms with van der Waals surface area (Å²) in [7, 11) is -2.06. The summed E-state index contributed by atoms with van der Waals surface area (Å²) in [4.78, 5) is 16.1. The van der Waals surface area contributed by atoms with Crippen LogP contribution in [0.1, 0.15) is 30.4 Å². The van der Waals surface area contributed by atoms with Crippen LogP contribution in [0.25, 0.3) is 27.7 Å². The van der Waals surface area contributed by atoms with Gasteiger partial charge in [-0.25, -0.2) is 22.2 Å². The molecule has 1 aliphatic rings. The van der Waals surface area contributed by atoms with Gasteiger partial charge in [0.2, 0.25) is 0 Å². The molecule has 4 aromatic rings. The van der Waals surface area contributed by atoms with Gasteiger partial charge in [-0.3, -0.25) is 4.68 Å². The van der Waals surface area contributed by atoms with Crippen molar-refractivity contribution in [3.8, 4) is 11.1 Å². The Kier molecular flexibility index (Phi) is 6.37. The second-order valence-corrected chi connectivity index (χ2v) is 11.9. The van der Waals surface area contributed by atoms with Crippen LogP contribution in [0.2, 0.25) is 0 Å². The highest BCUT2D eigenvalue weighted by Gasteiger charge is 2.28. The van der Waals surface area contributed by atoms with Gasteiger partial charge in [0.1, 0.15) is 0 Å². The molecule has 9 nitrogen and oxygen atoms in total. The Balaban J connectivity index is 1.74. The summed E-state index contributed by atoms with van der Waals surface area (Å²) >= 11 is 2.15. The molecule has 11 heteroatoms. The largest absolute Gasteiger partial charge is 0.465 e. The van der Waals surface area contributed by atoms with Gasteiger partial charge in [0.25, 0.3) is 10.0 Å². The quantitative estimate of drug-likeness (QED) is 0.311. The van der Waals surface area contributed by atoms with Gasteiger partial charge in [-0.2, -0.15) is 5.10 Å². The van der Waals surface area contributed by atoms with Crippen molar-refractivity contribution < 1.29 is 18.3 Å². The first kappa shape index (κ1) is 24.5. The fourth-order valence-electron chi connectivity index (χ4n) is 4.65. The van der Waals surface area contributed by atoms with Crippen molar-refractivity contribution in [3.63, 3.8) is 0 Å². The molecule has 0 fully saturated rings. The van der Waals surface area contributed by atoms with Crippen LogP contribution in [-0.2, 0) is 17.1 Å². The van der Waals surface area contributed by atoms with E-state index in [1.165, 1.54) is 3.97 Å². The third kappa shape index (κ3) is 4.41. The zero-order valence-electron chi connectivity index (χ0n) is 19.6. The summed E-state index contributed by atoms with van der Waals surface area (Å²) < 4.78 is 30.9. The molecule has 1 amide bonds. The maximum absolute atomic E-state index is 13.6. The smallest absolute Gasteiger partial charge is 0.404 e. The molecule has 186 valence electrons. The minimum absolute atomic E-state index is 0.184. The standard InChI is InChI=1S/C25H24IN5O4S/c1-15-6-8-19(9-7-15)36(34,35)31-14-21(26)23-22(16-4-3-5-18(10-16)29-25(32)33)20(12-27-24(23)31)17-11-28-30(2)13-17/h4,6-9,11-14,18,29H,3,5,10H2,1-2H3,(H,32,33). The van der Waals surface area contributed by atoms with Crippen LogP contribution < -0.4 is 5.32 Å². The summed E-state index contributed by atoms with van der Waals surface area (Å²) in [5, 5.41) is 16.9. The third-order valence-electron chi connectivity index (χ3n) is 6.35. The number of hydrogen-bond acceptors (Lipinski definition) is 5. The molecule has 0 aliphatic heterocycles. The molecule has 5 rings (SSSR count). The van der Waals surface area contributed by atoms with Gasteiger partial charge < -0.3 is 10.4 Å². The zero-order chi connectivity index (χ0) is 25.6. The van der Waals surface area contributed by atoms with Crippen molar-refractivity contribution in [2.45, 2.75) is 37.1 Å². The predicted octanol–water partition coefficient (Wildman–Crippen LogP) is 4.79. The van der Waals surface area contributed by atoms with Gasteiger partial charge in [-0.15, -0.1) is 0 Å². The molecule has 1 aromatic carbocycles. The number of pyridine rings is 1. The van der Waals surface area contributed by atoms with E-state index in [4.69, 9.17) is 0 Å². The van der Waals surface area contributed by atoms with Crippen LogP contribution >= 0.6 is 22.6 Å². The van der Waals surface area contributed by atoms with E-state index in [0.29, 0.717) is 24.9 Å². The molecular weight excluding hydrogens is 593 g/mol. The van der Waals surface area contributed by atoms with Crippen molar-refractivity contribution in [1.29, 1.82) is 0 Å². The monoisotopic (exact) mass is 617 g/mol. The minimum atomic E-state index is -3.89. The lowest BCUT2D eigenvalue weighted by Gasteiger charge is -2.24. The number of rotatable bonds is 5. The van der Waals surface area contributed by atoms with Gasteiger partial charge in [0.15, 0.2) is 5.65 Å². The second-order valence-electron chi connectivity index (χ2n) is 8.90. The van der Waals surface area contributed by atoms with Gasteiger partial charge in [-0.1, -0.05) is 23.8 Å². The Hall–Kier alpha value is -3.19. The molecule has 0 spiro atoms.